The highest BCUT2D eigenvalue weighted by molar-refractivity contribution is 6.32. The van der Waals surface area contributed by atoms with E-state index in [0.29, 0.717) is 24.7 Å². The molecule has 0 aliphatic rings. The molecule has 0 unspecified atom stereocenters. The maximum atomic E-state index is 12.2. The van der Waals surface area contributed by atoms with Crippen molar-refractivity contribution in [3.63, 3.8) is 0 Å². The number of aromatic nitrogens is 1. The van der Waals surface area contributed by atoms with Gasteiger partial charge in [-0.25, -0.2) is 4.79 Å². The fourth-order valence-electron chi connectivity index (χ4n) is 1.96. The van der Waals surface area contributed by atoms with Crippen LogP contribution in [0.25, 0.3) is 0 Å². The number of hydrogen-bond acceptors (Lipinski definition) is 7. The number of benzene rings is 1. The van der Waals surface area contributed by atoms with Crippen LogP contribution in [0.4, 0.5) is 5.82 Å². The Morgan fingerprint density at radius 2 is 2.08 bits per heavy atom. The minimum absolute atomic E-state index is 0.150. The van der Waals surface area contributed by atoms with Crippen LogP contribution in [0.15, 0.2) is 29.0 Å². The summed E-state index contributed by atoms with van der Waals surface area (Å²) in [5.41, 5.74) is 0.150. The minimum Gasteiger partial charge on any atom is -0.490 e. The molecule has 0 saturated carbocycles. The van der Waals surface area contributed by atoms with E-state index in [-0.39, 0.29) is 16.4 Å². The molecule has 0 aliphatic carbocycles. The summed E-state index contributed by atoms with van der Waals surface area (Å²) in [6.45, 7) is 4.12. The average Bonchev–Trinajstić information content (AvgIpc) is 3.12. The van der Waals surface area contributed by atoms with Crippen molar-refractivity contribution in [1.82, 2.24) is 5.16 Å². The number of ether oxygens (including phenoxy) is 3. The van der Waals surface area contributed by atoms with Crippen LogP contribution in [0.3, 0.4) is 0 Å². The molecule has 0 bridgehead atoms. The van der Waals surface area contributed by atoms with Gasteiger partial charge in [0, 0.05) is 6.07 Å². The van der Waals surface area contributed by atoms with Gasteiger partial charge in [-0.15, -0.1) is 0 Å². The molecule has 0 radical (unpaired) electrons. The summed E-state index contributed by atoms with van der Waals surface area (Å²) in [5, 5.41) is 6.16. The molecule has 9 heteroatoms. The number of nitrogens with one attached hydrogen (secondary N) is 1. The van der Waals surface area contributed by atoms with Crippen molar-refractivity contribution in [2.24, 2.45) is 0 Å². The van der Waals surface area contributed by atoms with Gasteiger partial charge in [0.1, 0.15) is 6.26 Å². The Bertz CT molecular complexity index is 748. The maximum Gasteiger partial charge on any atom is 0.338 e. The number of halogens is 1. The summed E-state index contributed by atoms with van der Waals surface area (Å²) >= 11 is 6.20. The van der Waals surface area contributed by atoms with Gasteiger partial charge in [0.15, 0.2) is 23.9 Å². The molecule has 0 atom stereocenters. The molecule has 2 aromatic rings. The van der Waals surface area contributed by atoms with Crippen LogP contribution in [-0.4, -0.2) is 36.9 Å². The van der Waals surface area contributed by atoms with Gasteiger partial charge in [-0.2, -0.15) is 0 Å². The van der Waals surface area contributed by atoms with Crippen molar-refractivity contribution < 1.29 is 28.3 Å². The van der Waals surface area contributed by atoms with Crippen LogP contribution >= 0.6 is 11.6 Å². The lowest BCUT2D eigenvalue weighted by atomic mass is 10.2. The molecule has 1 aromatic carbocycles. The van der Waals surface area contributed by atoms with E-state index in [1.54, 1.807) is 6.92 Å². The standard InChI is InChI=1S/C17H19ClN2O6/c1-3-6-24-16-12(18)8-11(9-13(16)23-4-2)17(22)25-10-15(21)19-14-5-7-26-20-14/h5,7-9H,3-4,6,10H2,1-2H3,(H,19,20,21). The smallest absolute Gasteiger partial charge is 0.338 e. The first-order valence-electron chi connectivity index (χ1n) is 8.01. The lowest BCUT2D eigenvalue weighted by Gasteiger charge is -2.14. The topological polar surface area (TPSA) is 99.9 Å². The van der Waals surface area contributed by atoms with E-state index in [9.17, 15) is 9.59 Å². The lowest BCUT2D eigenvalue weighted by Crippen LogP contribution is -2.21. The van der Waals surface area contributed by atoms with Crippen molar-refractivity contribution >= 4 is 29.3 Å². The van der Waals surface area contributed by atoms with Crippen LogP contribution in [0.5, 0.6) is 11.5 Å². The molecular weight excluding hydrogens is 364 g/mol. The number of anilines is 1. The molecule has 0 fully saturated rings. The van der Waals surface area contributed by atoms with Gasteiger partial charge < -0.3 is 24.1 Å². The number of nitrogens with zero attached hydrogens (tertiary/aromatic N) is 1. The highest BCUT2D eigenvalue weighted by atomic mass is 35.5. The monoisotopic (exact) mass is 382 g/mol. The predicted molar refractivity (Wildman–Crippen MR) is 93.8 cm³/mol. The number of esters is 1. The van der Waals surface area contributed by atoms with Gasteiger partial charge in [-0.1, -0.05) is 23.7 Å². The van der Waals surface area contributed by atoms with Gasteiger partial charge in [0.25, 0.3) is 5.91 Å². The third-order valence-electron chi connectivity index (χ3n) is 3.04. The van der Waals surface area contributed by atoms with Crippen molar-refractivity contribution in [2.75, 3.05) is 25.1 Å². The van der Waals surface area contributed by atoms with Crippen molar-refractivity contribution in [1.29, 1.82) is 0 Å². The van der Waals surface area contributed by atoms with Gasteiger partial charge in [-0.3, -0.25) is 4.79 Å². The maximum absolute atomic E-state index is 12.2. The first-order chi connectivity index (χ1) is 12.5. The van der Waals surface area contributed by atoms with E-state index in [2.05, 4.69) is 15.0 Å². The molecular formula is C17H19ClN2O6. The van der Waals surface area contributed by atoms with Gasteiger partial charge in [-0.05, 0) is 25.5 Å². The number of hydrogen-bond donors (Lipinski definition) is 1. The van der Waals surface area contributed by atoms with Crippen molar-refractivity contribution in [3.05, 3.63) is 35.0 Å². The third-order valence-corrected chi connectivity index (χ3v) is 3.32. The fourth-order valence-corrected chi connectivity index (χ4v) is 2.23. The van der Waals surface area contributed by atoms with Crippen LogP contribution in [0.1, 0.15) is 30.6 Å². The molecule has 8 nitrogen and oxygen atoms in total. The van der Waals surface area contributed by atoms with Gasteiger partial charge in [0.05, 0.1) is 23.8 Å². The van der Waals surface area contributed by atoms with Crippen LogP contribution in [0, 0.1) is 0 Å². The van der Waals surface area contributed by atoms with Crippen LogP contribution in [0.2, 0.25) is 5.02 Å². The Labute approximate surface area is 155 Å². The van der Waals surface area contributed by atoms with E-state index in [4.69, 9.17) is 25.8 Å². The van der Waals surface area contributed by atoms with E-state index in [0.717, 1.165) is 6.42 Å². The first-order valence-corrected chi connectivity index (χ1v) is 8.39. The predicted octanol–water partition coefficient (Wildman–Crippen LogP) is 3.31. The summed E-state index contributed by atoms with van der Waals surface area (Å²) < 4.78 is 20.6. The molecule has 1 N–H and O–H groups in total. The second-order valence-corrected chi connectivity index (χ2v) is 5.48. The normalized spacial score (nSPS) is 10.3. The van der Waals surface area contributed by atoms with Gasteiger partial charge >= 0.3 is 5.97 Å². The fraction of sp³-hybridized carbons (Fsp3) is 0.353. The number of rotatable bonds is 9. The van der Waals surface area contributed by atoms with Crippen LogP contribution in [-0.2, 0) is 9.53 Å². The zero-order valence-electron chi connectivity index (χ0n) is 14.4. The zero-order chi connectivity index (χ0) is 18.9. The van der Waals surface area contributed by atoms with E-state index in [1.807, 2.05) is 6.92 Å². The molecule has 26 heavy (non-hydrogen) atoms. The molecule has 0 aliphatic heterocycles. The SMILES string of the molecule is CCCOc1c(Cl)cc(C(=O)OCC(=O)Nc2ccon2)cc1OCC. The third kappa shape index (κ3) is 5.38. The second kappa shape index (κ2) is 9.67. The molecule has 1 aromatic heterocycles. The quantitative estimate of drug-likeness (QED) is 0.664. The summed E-state index contributed by atoms with van der Waals surface area (Å²) in [4.78, 5) is 23.9. The molecule has 2 rings (SSSR count). The average molecular weight is 383 g/mol. The molecule has 1 amide bonds. The molecule has 0 spiro atoms. The largest absolute Gasteiger partial charge is 0.490 e. The lowest BCUT2D eigenvalue weighted by molar-refractivity contribution is -0.119. The van der Waals surface area contributed by atoms with E-state index in [1.165, 1.54) is 24.5 Å². The Morgan fingerprint density at radius 1 is 1.27 bits per heavy atom. The first kappa shape index (κ1) is 19.6. The van der Waals surface area contributed by atoms with Crippen molar-refractivity contribution in [2.45, 2.75) is 20.3 Å². The number of carbonyl (C=O) groups is 2. The van der Waals surface area contributed by atoms with Gasteiger partial charge in [0.2, 0.25) is 0 Å². The highest BCUT2D eigenvalue weighted by Gasteiger charge is 2.18. The zero-order valence-corrected chi connectivity index (χ0v) is 15.2. The summed E-state index contributed by atoms with van der Waals surface area (Å²) in [5.74, 6) is -0.329. The Hall–Kier alpha value is -2.74. The Kier molecular flexibility index (Phi) is 7.28. The molecule has 1 heterocycles. The minimum atomic E-state index is -0.717. The number of carbonyl (C=O) groups excluding carboxylic acids is 2. The van der Waals surface area contributed by atoms with Crippen LogP contribution < -0.4 is 14.8 Å². The Morgan fingerprint density at radius 3 is 2.73 bits per heavy atom. The van der Waals surface area contributed by atoms with E-state index >= 15 is 0 Å². The van der Waals surface area contributed by atoms with Crippen molar-refractivity contribution in [3.8, 4) is 11.5 Å². The summed E-state index contributed by atoms with van der Waals surface area (Å²) in [6, 6.07) is 4.34. The number of amides is 1. The van der Waals surface area contributed by atoms with E-state index < -0.39 is 18.5 Å². The molecule has 140 valence electrons. The second-order valence-electron chi connectivity index (χ2n) is 5.08. The summed E-state index contributed by atoms with van der Waals surface area (Å²) in [7, 11) is 0. The molecule has 0 saturated heterocycles. The highest BCUT2D eigenvalue weighted by Crippen LogP contribution is 2.37. The summed E-state index contributed by atoms with van der Waals surface area (Å²) in [6.07, 6.45) is 2.10. The Balaban J connectivity index is 2.04.